The van der Waals surface area contributed by atoms with Gasteiger partial charge in [-0.15, -0.1) is 11.8 Å². The molecule has 162 valence electrons. The van der Waals surface area contributed by atoms with Crippen LogP contribution < -0.4 is 10.6 Å². The molecule has 1 fully saturated rings. The Bertz CT molecular complexity index is 793. The standard InChI is InChI=1S/C26H36N2OS/c1-4-30-24-16-10-20(11-17-24)18-25(29)28-23-14-12-21(13-15-23)26(2,3)19-27-22-8-6-5-7-9-22/h10-17,22,27H,4-9,18-19H2,1-3H3,(H,28,29). The van der Waals surface area contributed by atoms with Gasteiger partial charge in [0.25, 0.3) is 0 Å². The maximum atomic E-state index is 12.4. The molecule has 3 rings (SSSR count). The maximum Gasteiger partial charge on any atom is 0.228 e. The van der Waals surface area contributed by atoms with Gasteiger partial charge < -0.3 is 10.6 Å². The number of amides is 1. The van der Waals surface area contributed by atoms with Gasteiger partial charge in [0.15, 0.2) is 0 Å². The van der Waals surface area contributed by atoms with E-state index < -0.39 is 0 Å². The fourth-order valence-corrected chi connectivity index (χ4v) is 4.74. The largest absolute Gasteiger partial charge is 0.326 e. The molecule has 2 N–H and O–H groups in total. The van der Waals surface area contributed by atoms with Gasteiger partial charge in [-0.1, -0.05) is 64.3 Å². The minimum absolute atomic E-state index is 0.0249. The molecule has 0 bridgehead atoms. The highest BCUT2D eigenvalue weighted by Crippen LogP contribution is 2.26. The Kier molecular flexibility index (Phi) is 8.41. The number of rotatable bonds is 9. The lowest BCUT2D eigenvalue weighted by Crippen LogP contribution is -2.40. The van der Waals surface area contributed by atoms with Gasteiger partial charge in [0.1, 0.15) is 0 Å². The van der Waals surface area contributed by atoms with Crippen LogP contribution in [0.2, 0.25) is 0 Å². The van der Waals surface area contributed by atoms with Crippen LogP contribution in [0.25, 0.3) is 0 Å². The van der Waals surface area contributed by atoms with Crippen LogP contribution in [0.4, 0.5) is 5.69 Å². The fourth-order valence-electron chi connectivity index (χ4n) is 4.07. The summed E-state index contributed by atoms with van der Waals surface area (Å²) in [6, 6.07) is 17.3. The molecule has 0 atom stereocenters. The Morgan fingerprint density at radius 1 is 1.00 bits per heavy atom. The Hall–Kier alpha value is -1.78. The summed E-state index contributed by atoms with van der Waals surface area (Å²) in [6.07, 6.45) is 7.11. The molecule has 2 aromatic rings. The number of thioether (sulfide) groups is 1. The van der Waals surface area contributed by atoms with Crippen molar-refractivity contribution in [3.05, 3.63) is 59.7 Å². The predicted molar refractivity (Wildman–Crippen MR) is 130 cm³/mol. The molecule has 1 saturated carbocycles. The molecule has 0 spiro atoms. The molecule has 0 radical (unpaired) electrons. The quantitative estimate of drug-likeness (QED) is 0.472. The zero-order valence-corrected chi connectivity index (χ0v) is 19.5. The van der Waals surface area contributed by atoms with Crippen LogP contribution in [0.5, 0.6) is 0 Å². The summed E-state index contributed by atoms with van der Waals surface area (Å²) in [5.74, 6) is 1.08. The van der Waals surface area contributed by atoms with Gasteiger partial charge >= 0.3 is 0 Å². The highest BCUT2D eigenvalue weighted by atomic mass is 32.2. The van der Waals surface area contributed by atoms with Crippen LogP contribution in [0.1, 0.15) is 64.0 Å². The summed E-state index contributed by atoms with van der Waals surface area (Å²) in [7, 11) is 0. The second-order valence-corrected chi connectivity index (χ2v) is 10.3. The van der Waals surface area contributed by atoms with E-state index in [1.807, 2.05) is 36.0 Å². The zero-order chi connectivity index (χ0) is 21.4. The third kappa shape index (κ3) is 6.88. The van der Waals surface area contributed by atoms with E-state index in [1.54, 1.807) is 0 Å². The molecule has 0 aliphatic heterocycles. The summed E-state index contributed by atoms with van der Waals surface area (Å²) >= 11 is 1.81. The first-order valence-electron chi connectivity index (χ1n) is 11.3. The Morgan fingerprint density at radius 2 is 1.67 bits per heavy atom. The molecule has 0 saturated heterocycles. The molecule has 2 aromatic carbocycles. The number of hydrogen-bond donors (Lipinski definition) is 2. The Labute approximate surface area is 186 Å². The number of benzene rings is 2. The third-order valence-electron chi connectivity index (χ3n) is 5.99. The fraction of sp³-hybridized carbons (Fsp3) is 0.500. The smallest absolute Gasteiger partial charge is 0.228 e. The first-order chi connectivity index (χ1) is 14.5. The van der Waals surface area contributed by atoms with Crippen molar-refractivity contribution in [2.24, 2.45) is 0 Å². The minimum Gasteiger partial charge on any atom is -0.326 e. The Morgan fingerprint density at radius 3 is 2.30 bits per heavy atom. The van der Waals surface area contributed by atoms with Crippen LogP contribution in [0.15, 0.2) is 53.4 Å². The van der Waals surface area contributed by atoms with Crippen LogP contribution in [0, 0.1) is 0 Å². The van der Waals surface area contributed by atoms with Crippen LogP contribution in [-0.2, 0) is 16.6 Å². The second kappa shape index (κ2) is 11.0. The summed E-state index contributed by atoms with van der Waals surface area (Å²) in [5, 5.41) is 6.81. The van der Waals surface area contributed by atoms with Crippen molar-refractivity contribution in [1.82, 2.24) is 5.32 Å². The Balaban J connectivity index is 1.50. The summed E-state index contributed by atoms with van der Waals surface area (Å²) in [6.45, 7) is 7.70. The van der Waals surface area contributed by atoms with Gasteiger partial charge in [-0.05, 0) is 54.0 Å². The average Bonchev–Trinajstić information content (AvgIpc) is 2.75. The van der Waals surface area contributed by atoms with Gasteiger partial charge in [0.2, 0.25) is 5.91 Å². The number of carbonyl (C=O) groups is 1. The highest BCUT2D eigenvalue weighted by Gasteiger charge is 2.23. The van der Waals surface area contributed by atoms with E-state index in [9.17, 15) is 4.79 Å². The van der Waals surface area contributed by atoms with Crippen LogP contribution >= 0.6 is 11.8 Å². The monoisotopic (exact) mass is 424 g/mol. The van der Waals surface area contributed by atoms with Crippen molar-refractivity contribution < 1.29 is 4.79 Å². The molecule has 1 amide bonds. The first kappa shape index (κ1) is 22.9. The lowest BCUT2D eigenvalue weighted by Gasteiger charge is -2.30. The molecule has 3 nitrogen and oxygen atoms in total. The van der Waals surface area contributed by atoms with Crippen LogP contribution in [0.3, 0.4) is 0 Å². The van der Waals surface area contributed by atoms with Gasteiger partial charge in [-0.25, -0.2) is 0 Å². The molecule has 0 aromatic heterocycles. The molecule has 4 heteroatoms. The van der Waals surface area contributed by atoms with Gasteiger partial charge in [0.05, 0.1) is 6.42 Å². The predicted octanol–water partition coefficient (Wildman–Crippen LogP) is 6.18. The van der Waals surface area contributed by atoms with Gasteiger partial charge in [-0.2, -0.15) is 0 Å². The van der Waals surface area contributed by atoms with E-state index >= 15 is 0 Å². The van der Waals surface area contributed by atoms with Crippen molar-refractivity contribution in [2.75, 3.05) is 17.6 Å². The van der Waals surface area contributed by atoms with Gasteiger partial charge in [-0.3, -0.25) is 4.79 Å². The number of hydrogen-bond acceptors (Lipinski definition) is 3. The molecular weight excluding hydrogens is 388 g/mol. The van der Waals surface area contributed by atoms with Crippen LogP contribution in [-0.4, -0.2) is 24.2 Å². The summed E-state index contributed by atoms with van der Waals surface area (Å²) < 4.78 is 0. The SMILES string of the molecule is CCSc1ccc(CC(=O)Nc2ccc(C(C)(C)CNC3CCCCC3)cc2)cc1. The molecule has 1 aliphatic carbocycles. The van der Waals surface area contributed by atoms with Crippen molar-refractivity contribution in [2.45, 2.75) is 75.6 Å². The van der Waals surface area contributed by atoms with Crippen molar-refractivity contribution in [3.63, 3.8) is 0 Å². The van der Waals surface area contributed by atoms with E-state index in [0.717, 1.165) is 23.5 Å². The topological polar surface area (TPSA) is 41.1 Å². The molecule has 0 unspecified atom stereocenters. The molecular formula is C26H36N2OS. The van der Waals surface area contributed by atoms with Crippen molar-refractivity contribution >= 4 is 23.4 Å². The highest BCUT2D eigenvalue weighted by molar-refractivity contribution is 7.99. The third-order valence-corrected chi connectivity index (χ3v) is 6.88. The summed E-state index contributed by atoms with van der Waals surface area (Å²) in [5.41, 5.74) is 3.27. The number of carbonyl (C=O) groups excluding carboxylic acids is 1. The van der Waals surface area contributed by atoms with E-state index in [2.05, 4.69) is 55.7 Å². The maximum absolute atomic E-state index is 12.4. The van der Waals surface area contributed by atoms with E-state index in [1.165, 1.54) is 42.6 Å². The number of anilines is 1. The van der Waals surface area contributed by atoms with Crippen molar-refractivity contribution in [1.29, 1.82) is 0 Å². The normalized spacial score (nSPS) is 15.2. The minimum atomic E-state index is 0.0249. The number of nitrogens with one attached hydrogen (secondary N) is 2. The zero-order valence-electron chi connectivity index (χ0n) is 18.7. The average molecular weight is 425 g/mol. The van der Waals surface area contributed by atoms with E-state index in [0.29, 0.717) is 12.5 Å². The molecule has 1 aliphatic rings. The molecule has 0 heterocycles. The lowest BCUT2D eigenvalue weighted by molar-refractivity contribution is -0.115. The lowest BCUT2D eigenvalue weighted by atomic mass is 9.83. The van der Waals surface area contributed by atoms with Crippen molar-refractivity contribution in [3.8, 4) is 0 Å². The van der Waals surface area contributed by atoms with E-state index in [-0.39, 0.29) is 11.3 Å². The van der Waals surface area contributed by atoms with Gasteiger partial charge in [0, 0.05) is 28.6 Å². The van der Waals surface area contributed by atoms with E-state index in [4.69, 9.17) is 0 Å². The second-order valence-electron chi connectivity index (χ2n) is 8.98. The summed E-state index contributed by atoms with van der Waals surface area (Å²) in [4.78, 5) is 13.7. The molecule has 30 heavy (non-hydrogen) atoms. The first-order valence-corrected chi connectivity index (χ1v) is 12.3.